The average Bonchev–Trinajstić information content (AvgIpc) is 2.83. The Hall–Kier alpha value is -4.07. The van der Waals surface area contributed by atoms with Crippen LogP contribution in [0.3, 0.4) is 0 Å². The maximum atomic E-state index is 13.5. The van der Waals surface area contributed by atoms with Crippen LogP contribution in [0.4, 0.5) is 4.39 Å². The number of esters is 1. The number of hydrogen-bond acceptors (Lipinski definition) is 6. The summed E-state index contributed by atoms with van der Waals surface area (Å²) in [6.45, 7) is 5.15. The smallest absolute Gasteiger partial charge is 0.328 e. The third kappa shape index (κ3) is 6.29. The number of halogens is 1. The molecule has 182 valence electrons. The van der Waals surface area contributed by atoms with Crippen LogP contribution in [-0.4, -0.2) is 40.4 Å². The number of amides is 1. The van der Waals surface area contributed by atoms with E-state index in [2.05, 4.69) is 10.3 Å². The molecule has 8 heteroatoms. The molecule has 0 radical (unpaired) electrons. The lowest BCUT2D eigenvalue weighted by atomic mass is 9.87. The Bertz CT molecular complexity index is 1150. The molecule has 3 atom stereocenters. The minimum absolute atomic E-state index is 0.0759. The monoisotopic (exact) mass is 478 g/mol. The van der Waals surface area contributed by atoms with E-state index in [-0.39, 0.29) is 29.4 Å². The molecule has 1 heterocycles. The summed E-state index contributed by atoms with van der Waals surface area (Å²) in [5.41, 5.74) is 2.69. The summed E-state index contributed by atoms with van der Waals surface area (Å²) in [7, 11) is 0. The number of nitrogens with one attached hydrogen (secondary N) is 1. The fourth-order valence-electron chi connectivity index (χ4n) is 3.77. The Labute approximate surface area is 203 Å². The molecule has 0 bridgehead atoms. The Morgan fingerprint density at radius 1 is 1.06 bits per heavy atom. The van der Waals surface area contributed by atoms with Crippen molar-refractivity contribution in [2.45, 2.75) is 45.3 Å². The van der Waals surface area contributed by atoms with Gasteiger partial charge in [-0.15, -0.1) is 0 Å². The van der Waals surface area contributed by atoms with Gasteiger partial charge in [0.25, 0.3) is 5.91 Å². The van der Waals surface area contributed by atoms with Crippen LogP contribution in [0.2, 0.25) is 0 Å². The van der Waals surface area contributed by atoms with Gasteiger partial charge in [-0.1, -0.05) is 42.0 Å². The minimum atomic E-state index is -1.05. The number of rotatable bonds is 9. The molecule has 2 N–H and O–H groups in total. The maximum Gasteiger partial charge on any atom is 0.328 e. The zero-order chi connectivity index (χ0) is 25.5. The van der Waals surface area contributed by atoms with Crippen LogP contribution < -0.4 is 5.32 Å². The predicted molar refractivity (Wildman–Crippen MR) is 128 cm³/mol. The standard InChI is InChI=1S/C27H27FN2O5/c1-16-4-6-19(7-5-16)23(20-8-10-22(28)11-9-20)18(3)35-27(34)17(2)30-26(33)24-25(32)21(13-15-31)12-14-29-24/h4-12,14-15,17-18,23,32H,13H2,1-3H3,(H,30,33)/t17-,18?,23?/m0/s1. The van der Waals surface area contributed by atoms with Crippen LogP contribution in [-0.2, 0) is 20.7 Å². The quantitative estimate of drug-likeness (QED) is 0.357. The predicted octanol–water partition coefficient (Wildman–Crippen LogP) is 3.86. The summed E-state index contributed by atoms with van der Waals surface area (Å²) in [6.07, 6.45) is 1.18. The van der Waals surface area contributed by atoms with Gasteiger partial charge in [0.05, 0.1) is 0 Å². The number of pyridine rings is 1. The Morgan fingerprint density at radius 3 is 2.26 bits per heavy atom. The third-order valence-corrected chi connectivity index (χ3v) is 5.66. The molecular weight excluding hydrogens is 451 g/mol. The van der Waals surface area contributed by atoms with Gasteiger partial charge in [-0.25, -0.2) is 14.2 Å². The second-order valence-electron chi connectivity index (χ2n) is 8.32. The summed E-state index contributed by atoms with van der Waals surface area (Å²) >= 11 is 0. The molecule has 3 aromatic rings. The van der Waals surface area contributed by atoms with Gasteiger partial charge in [0.2, 0.25) is 0 Å². The molecule has 0 saturated heterocycles. The highest BCUT2D eigenvalue weighted by Crippen LogP contribution is 2.30. The fourth-order valence-corrected chi connectivity index (χ4v) is 3.77. The van der Waals surface area contributed by atoms with E-state index in [1.54, 1.807) is 19.1 Å². The Balaban J connectivity index is 1.75. The molecule has 0 spiro atoms. The summed E-state index contributed by atoms with van der Waals surface area (Å²) in [5, 5.41) is 12.7. The van der Waals surface area contributed by atoms with E-state index >= 15 is 0 Å². The molecule has 0 aliphatic carbocycles. The largest absolute Gasteiger partial charge is 0.505 e. The van der Waals surface area contributed by atoms with Crippen molar-refractivity contribution >= 4 is 18.2 Å². The van der Waals surface area contributed by atoms with Gasteiger partial charge in [-0.05, 0) is 50.1 Å². The molecule has 3 rings (SSSR count). The lowest BCUT2D eigenvalue weighted by molar-refractivity contribution is -0.150. The summed E-state index contributed by atoms with van der Waals surface area (Å²) in [6, 6.07) is 14.1. The minimum Gasteiger partial charge on any atom is -0.505 e. The number of carbonyl (C=O) groups is 3. The molecular formula is C27H27FN2O5. The number of aryl methyl sites for hydroxylation is 1. The SMILES string of the molecule is Cc1ccc(C(c2ccc(F)cc2)C(C)OC(=O)[C@H](C)NC(=O)c2nccc(CC=O)c2O)cc1. The van der Waals surface area contributed by atoms with Gasteiger partial charge < -0.3 is 20.0 Å². The number of aldehydes is 1. The molecule has 2 unspecified atom stereocenters. The van der Waals surface area contributed by atoms with E-state index in [4.69, 9.17) is 4.74 Å². The summed E-state index contributed by atoms with van der Waals surface area (Å²) in [5.74, 6) is -2.61. The highest BCUT2D eigenvalue weighted by atomic mass is 19.1. The molecule has 0 fully saturated rings. The van der Waals surface area contributed by atoms with Gasteiger partial charge in [0.1, 0.15) is 24.2 Å². The fraction of sp³-hybridized carbons (Fsp3) is 0.259. The average molecular weight is 479 g/mol. The molecule has 35 heavy (non-hydrogen) atoms. The molecule has 0 aliphatic heterocycles. The van der Waals surface area contributed by atoms with E-state index < -0.39 is 29.8 Å². The first kappa shape index (κ1) is 25.6. The zero-order valence-electron chi connectivity index (χ0n) is 19.7. The highest BCUT2D eigenvalue weighted by molar-refractivity contribution is 5.97. The molecule has 2 aromatic carbocycles. The molecule has 7 nitrogen and oxygen atoms in total. The van der Waals surface area contributed by atoms with Crippen LogP contribution >= 0.6 is 0 Å². The van der Waals surface area contributed by atoms with E-state index in [9.17, 15) is 23.9 Å². The van der Waals surface area contributed by atoms with Crippen molar-refractivity contribution in [1.29, 1.82) is 0 Å². The third-order valence-electron chi connectivity index (χ3n) is 5.66. The van der Waals surface area contributed by atoms with Crippen LogP contribution in [0.15, 0.2) is 60.8 Å². The second-order valence-corrected chi connectivity index (χ2v) is 8.32. The first-order valence-corrected chi connectivity index (χ1v) is 11.1. The first-order chi connectivity index (χ1) is 16.7. The Kier molecular flexibility index (Phi) is 8.30. The number of nitrogens with zero attached hydrogens (tertiary/aromatic N) is 1. The van der Waals surface area contributed by atoms with Crippen molar-refractivity contribution in [3.05, 3.63) is 94.6 Å². The lowest BCUT2D eigenvalue weighted by Gasteiger charge is -2.26. The van der Waals surface area contributed by atoms with Crippen molar-refractivity contribution < 1.29 is 28.6 Å². The first-order valence-electron chi connectivity index (χ1n) is 11.1. The molecule has 0 saturated carbocycles. The van der Waals surface area contributed by atoms with Crippen molar-refractivity contribution in [1.82, 2.24) is 10.3 Å². The van der Waals surface area contributed by atoms with E-state index in [1.807, 2.05) is 31.2 Å². The van der Waals surface area contributed by atoms with E-state index in [0.29, 0.717) is 6.29 Å². The number of benzene rings is 2. The number of ether oxygens (including phenoxy) is 1. The van der Waals surface area contributed by atoms with Gasteiger partial charge in [-0.3, -0.25) is 4.79 Å². The zero-order valence-corrected chi connectivity index (χ0v) is 19.7. The van der Waals surface area contributed by atoms with Crippen LogP contribution in [0, 0.1) is 12.7 Å². The van der Waals surface area contributed by atoms with Gasteiger partial charge in [-0.2, -0.15) is 0 Å². The van der Waals surface area contributed by atoms with Gasteiger partial charge in [0.15, 0.2) is 11.4 Å². The number of hydrogen-bond donors (Lipinski definition) is 2. The van der Waals surface area contributed by atoms with Gasteiger partial charge >= 0.3 is 5.97 Å². The normalized spacial score (nSPS) is 13.4. The van der Waals surface area contributed by atoms with Gasteiger partial charge in [0, 0.05) is 24.1 Å². The number of carbonyl (C=O) groups excluding carboxylic acids is 3. The topological polar surface area (TPSA) is 106 Å². The van der Waals surface area contributed by atoms with Crippen LogP contribution in [0.5, 0.6) is 5.75 Å². The van der Waals surface area contributed by atoms with E-state index in [1.165, 1.54) is 31.3 Å². The lowest BCUT2D eigenvalue weighted by Crippen LogP contribution is -2.41. The van der Waals surface area contributed by atoms with Crippen molar-refractivity contribution in [2.24, 2.45) is 0 Å². The molecule has 1 amide bonds. The van der Waals surface area contributed by atoms with Crippen LogP contribution in [0.25, 0.3) is 0 Å². The van der Waals surface area contributed by atoms with Crippen molar-refractivity contribution in [3.8, 4) is 5.75 Å². The highest BCUT2D eigenvalue weighted by Gasteiger charge is 2.28. The van der Waals surface area contributed by atoms with E-state index in [0.717, 1.165) is 16.7 Å². The van der Waals surface area contributed by atoms with Crippen molar-refractivity contribution in [2.75, 3.05) is 0 Å². The molecule has 0 aliphatic rings. The Morgan fingerprint density at radius 2 is 1.66 bits per heavy atom. The number of aromatic hydroxyl groups is 1. The summed E-state index contributed by atoms with van der Waals surface area (Å²) in [4.78, 5) is 40.0. The number of aromatic nitrogens is 1. The summed E-state index contributed by atoms with van der Waals surface area (Å²) < 4.78 is 19.2. The van der Waals surface area contributed by atoms with Crippen LogP contribution in [0.1, 0.15) is 52.5 Å². The maximum absolute atomic E-state index is 13.5. The van der Waals surface area contributed by atoms with Crippen molar-refractivity contribution in [3.63, 3.8) is 0 Å². The second kappa shape index (κ2) is 11.4. The molecule has 1 aromatic heterocycles.